The Morgan fingerprint density at radius 1 is 0.829 bits per heavy atom. The number of fused-ring (bicyclic) bond motifs is 1. The van der Waals surface area contributed by atoms with Crippen LogP contribution in [0.2, 0.25) is 0 Å². The van der Waals surface area contributed by atoms with Crippen molar-refractivity contribution in [3.8, 4) is 17.2 Å². The third-order valence-corrected chi connectivity index (χ3v) is 5.86. The Balaban J connectivity index is 1.56. The quantitative estimate of drug-likeness (QED) is 0.235. The number of nitrogens with one attached hydrogen (secondary N) is 1. The molecule has 0 unspecified atom stereocenters. The average molecular weight is 579 g/mol. The number of benzene rings is 3. The number of hydrogen-bond donors (Lipinski definition) is 1. The highest BCUT2D eigenvalue weighted by Gasteiger charge is 2.40. The second-order valence-corrected chi connectivity index (χ2v) is 10.0. The van der Waals surface area contributed by atoms with E-state index in [-0.39, 0.29) is 28.0 Å². The standard InChI is InChI=1S/C29H23F6NO5/c1-27(2,3)16-7-9-19(10-8-16)40-25-24(38)21-12-11-20(14-22(21)41-26(25)29(33,34)35)39-15-23(37)36-18-6-4-5-17(13-18)28(30,31)32/h4-14H,15H2,1-3H3,(H,36,37). The maximum Gasteiger partial charge on any atom is 0.453 e. The van der Waals surface area contributed by atoms with Crippen LogP contribution in [0.25, 0.3) is 11.0 Å². The lowest BCUT2D eigenvalue weighted by molar-refractivity contribution is -0.154. The van der Waals surface area contributed by atoms with Gasteiger partial charge >= 0.3 is 12.4 Å². The van der Waals surface area contributed by atoms with Gasteiger partial charge in [-0.25, -0.2) is 0 Å². The zero-order valence-corrected chi connectivity index (χ0v) is 21.9. The number of hydrogen-bond acceptors (Lipinski definition) is 5. The summed E-state index contributed by atoms with van der Waals surface area (Å²) in [7, 11) is 0. The van der Waals surface area contributed by atoms with Crippen LogP contribution in [0.5, 0.6) is 17.2 Å². The van der Waals surface area contributed by atoms with Crippen molar-refractivity contribution in [2.75, 3.05) is 11.9 Å². The molecule has 1 N–H and O–H groups in total. The number of halogens is 6. The Hall–Kier alpha value is -4.48. The zero-order chi connectivity index (χ0) is 30.2. The summed E-state index contributed by atoms with van der Waals surface area (Å²) in [4.78, 5) is 25.2. The van der Waals surface area contributed by atoms with Gasteiger partial charge in [-0.1, -0.05) is 39.0 Å². The topological polar surface area (TPSA) is 77.8 Å². The van der Waals surface area contributed by atoms with Crippen LogP contribution in [0, 0.1) is 0 Å². The number of ether oxygens (including phenoxy) is 2. The molecule has 41 heavy (non-hydrogen) atoms. The van der Waals surface area contributed by atoms with E-state index in [1.165, 1.54) is 24.3 Å². The van der Waals surface area contributed by atoms with Gasteiger partial charge in [0.15, 0.2) is 6.61 Å². The third kappa shape index (κ3) is 7.00. The minimum absolute atomic E-state index is 0.00175. The lowest BCUT2D eigenvalue weighted by Crippen LogP contribution is -2.20. The van der Waals surface area contributed by atoms with E-state index in [2.05, 4.69) is 5.32 Å². The van der Waals surface area contributed by atoms with Gasteiger partial charge in [-0.05, 0) is 53.4 Å². The number of rotatable bonds is 6. The van der Waals surface area contributed by atoms with Gasteiger partial charge in [0.2, 0.25) is 11.2 Å². The van der Waals surface area contributed by atoms with Crippen LogP contribution in [0.15, 0.2) is 75.9 Å². The van der Waals surface area contributed by atoms with Crippen molar-refractivity contribution in [3.05, 3.63) is 93.8 Å². The number of anilines is 1. The molecule has 216 valence electrons. The van der Waals surface area contributed by atoms with Gasteiger partial charge in [0.1, 0.15) is 17.1 Å². The van der Waals surface area contributed by atoms with E-state index in [1.54, 1.807) is 12.1 Å². The van der Waals surface area contributed by atoms with Crippen molar-refractivity contribution in [1.82, 2.24) is 0 Å². The Bertz CT molecular complexity index is 1630. The molecule has 0 atom stereocenters. The Labute approximate surface area is 229 Å². The van der Waals surface area contributed by atoms with Crippen molar-refractivity contribution in [3.63, 3.8) is 0 Å². The van der Waals surface area contributed by atoms with Gasteiger partial charge in [0.25, 0.3) is 11.7 Å². The molecule has 0 aliphatic rings. The maximum atomic E-state index is 13.9. The third-order valence-electron chi connectivity index (χ3n) is 5.86. The fourth-order valence-electron chi connectivity index (χ4n) is 3.79. The molecular formula is C29H23F6NO5. The van der Waals surface area contributed by atoms with E-state index >= 15 is 0 Å². The normalized spacial score (nSPS) is 12.3. The van der Waals surface area contributed by atoms with Gasteiger partial charge in [-0.15, -0.1) is 0 Å². The molecule has 6 nitrogen and oxygen atoms in total. The van der Waals surface area contributed by atoms with E-state index in [1.807, 2.05) is 20.8 Å². The highest BCUT2D eigenvalue weighted by atomic mass is 19.4. The van der Waals surface area contributed by atoms with E-state index in [0.29, 0.717) is 0 Å². The lowest BCUT2D eigenvalue weighted by atomic mass is 9.87. The van der Waals surface area contributed by atoms with Crippen molar-refractivity contribution < 1.29 is 45.0 Å². The maximum absolute atomic E-state index is 13.9. The lowest BCUT2D eigenvalue weighted by Gasteiger charge is -2.19. The van der Waals surface area contributed by atoms with Crippen LogP contribution < -0.4 is 20.2 Å². The summed E-state index contributed by atoms with van der Waals surface area (Å²) in [6.45, 7) is 5.19. The summed E-state index contributed by atoms with van der Waals surface area (Å²) in [5.74, 6) is -3.65. The fraction of sp³-hybridized carbons (Fsp3) is 0.241. The van der Waals surface area contributed by atoms with Crippen LogP contribution in [0.4, 0.5) is 32.0 Å². The van der Waals surface area contributed by atoms with Crippen LogP contribution in [0.1, 0.15) is 37.7 Å². The molecule has 1 aromatic heterocycles. The summed E-state index contributed by atoms with van der Waals surface area (Å²) in [6.07, 6.45) is -9.70. The Kier molecular flexibility index (Phi) is 7.79. The van der Waals surface area contributed by atoms with Gasteiger partial charge < -0.3 is 19.2 Å². The molecule has 4 rings (SSSR count). The molecule has 0 radical (unpaired) electrons. The summed E-state index contributed by atoms with van der Waals surface area (Å²) in [6, 6.07) is 13.6. The minimum Gasteiger partial charge on any atom is -0.484 e. The summed E-state index contributed by atoms with van der Waals surface area (Å²) >= 11 is 0. The monoisotopic (exact) mass is 579 g/mol. The van der Waals surface area contributed by atoms with Crippen molar-refractivity contribution in [2.45, 2.75) is 38.5 Å². The van der Waals surface area contributed by atoms with E-state index in [4.69, 9.17) is 13.9 Å². The number of carbonyl (C=O) groups is 1. The van der Waals surface area contributed by atoms with Crippen LogP contribution in [-0.2, 0) is 22.6 Å². The highest BCUT2D eigenvalue weighted by molar-refractivity contribution is 5.92. The van der Waals surface area contributed by atoms with Crippen LogP contribution in [0.3, 0.4) is 0 Å². The first-order chi connectivity index (χ1) is 19.0. The van der Waals surface area contributed by atoms with Crippen molar-refractivity contribution in [1.29, 1.82) is 0 Å². The van der Waals surface area contributed by atoms with E-state index < -0.39 is 53.0 Å². The largest absolute Gasteiger partial charge is 0.484 e. The van der Waals surface area contributed by atoms with Gasteiger partial charge in [0.05, 0.1) is 10.9 Å². The molecule has 1 heterocycles. The fourth-order valence-corrected chi connectivity index (χ4v) is 3.79. The van der Waals surface area contributed by atoms with Crippen LogP contribution >= 0.6 is 0 Å². The number of carbonyl (C=O) groups excluding carboxylic acids is 1. The first kappa shape index (κ1) is 29.5. The molecule has 0 aliphatic carbocycles. The Morgan fingerprint density at radius 2 is 1.49 bits per heavy atom. The first-order valence-electron chi connectivity index (χ1n) is 12.1. The SMILES string of the molecule is CC(C)(C)c1ccc(Oc2c(C(F)(F)F)oc3cc(OCC(=O)Nc4cccc(C(F)(F)F)c4)ccc3c2=O)cc1. The molecule has 12 heteroatoms. The molecule has 0 bridgehead atoms. The van der Waals surface area contributed by atoms with Gasteiger partial charge in [-0.3, -0.25) is 9.59 Å². The van der Waals surface area contributed by atoms with Gasteiger partial charge in [0, 0.05) is 11.8 Å². The molecular weight excluding hydrogens is 556 g/mol. The van der Waals surface area contributed by atoms with Gasteiger partial charge in [-0.2, -0.15) is 26.3 Å². The van der Waals surface area contributed by atoms with E-state index in [0.717, 1.165) is 35.9 Å². The molecule has 4 aromatic rings. The van der Waals surface area contributed by atoms with Crippen molar-refractivity contribution in [2.24, 2.45) is 0 Å². The van der Waals surface area contributed by atoms with Crippen molar-refractivity contribution >= 4 is 22.6 Å². The summed E-state index contributed by atoms with van der Waals surface area (Å²) in [5, 5.41) is 2.00. The molecule has 3 aromatic carbocycles. The predicted molar refractivity (Wildman–Crippen MR) is 138 cm³/mol. The highest BCUT2D eigenvalue weighted by Crippen LogP contribution is 2.39. The molecule has 0 fully saturated rings. The molecule has 0 saturated heterocycles. The zero-order valence-electron chi connectivity index (χ0n) is 21.9. The minimum atomic E-state index is -5.09. The number of alkyl halides is 6. The molecule has 0 spiro atoms. The summed E-state index contributed by atoms with van der Waals surface area (Å²) < 4.78 is 95.9. The second kappa shape index (κ2) is 10.8. The second-order valence-electron chi connectivity index (χ2n) is 10.0. The average Bonchev–Trinajstić information content (AvgIpc) is 2.87. The smallest absolute Gasteiger partial charge is 0.453 e. The predicted octanol–water partition coefficient (Wildman–Crippen LogP) is 7.94. The molecule has 0 saturated carbocycles. The molecule has 1 amide bonds. The number of amides is 1. The van der Waals surface area contributed by atoms with Crippen LogP contribution in [-0.4, -0.2) is 12.5 Å². The summed E-state index contributed by atoms with van der Waals surface area (Å²) in [5.41, 5.74) is -1.96. The van der Waals surface area contributed by atoms with E-state index in [9.17, 15) is 35.9 Å². The Morgan fingerprint density at radius 3 is 2.10 bits per heavy atom. The molecule has 0 aliphatic heterocycles. The first-order valence-corrected chi connectivity index (χ1v) is 12.1.